The number of sulfonamides is 1. The largest absolute Gasteiger partial charge is 0.347 e. The maximum Gasteiger partial charge on any atom is 0.264 e. The molecule has 4 bridgehead atoms. The van der Waals surface area contributed by atoms with Crippen LogP contribution in [0.1, 0.15) is 48.9 Å². The highest BCUT2D eigenvalue weighted by molar-refractivity contribution is 7.92. The van der Waals surface area contributed by atoms with Gasteiger partial charge >= 0.3 is 0 Å². The zero-order valence-electron chi connectivity index (χ0n) is 17.3. The number of nitrogens with one attached hydrogen (secondary N) is 1. The zero-order chi connectivity index (χ0) is 20.9. The smallest absolute Gasteiger partial charge is 0.264 e. The molecule has 4 aliphatic carbocycles. The predicted octanol–water partition coefficient (Wildman–Crippen LogP) is 4.21. The molecule has 5 nitrogen and oxygen atoms in total. The number of rotatable bonds is 5. The number of para-hydroxylation sites is 1. The third kappa shape index (κ3) is 3.41. The summed E-state index contributed by atoms with van der Waals surface area (Å²) in [6, 6.07) is 15.3. The van der Waals surface area contributed by atoms with E-state index in [-0.39, 0.29) is 16.3 Å². The normalized spacial score (nSPS) is 29.6. The summed E-state index contributed by atoms with van der Waals surface area (Å²) < 4.78 is 27.1. The van der Waals surface area contributed by atoms with Gasteiger partial charge in [-0.25, -0.2) is 8.42 Å². The molecule has 0 unspecified atom stereocenters. The van der Waals surface area contributed by atoms with Gasteiger partial charge in [-0.3, -0.25) is 9.10 Å². The number of anilines is 1. The fraction of sp³-hybridized carbons (Fsp3) is 0.458. The van der Waals surface area contributed by atoms with Crippen LogP contribution in [0.2, 0.25) is 0 Å². The van der Waals surface area contributed by atoms with E-state index < -0.39 is 10.0 Å². The minimum Gasteiger partial charge on any atom is -0.347 e. The number of carbonyl (C=O) groups is 1. The number of hydrogen-bond donors (Lipinski definition) is 1. The van der Waals surface area contributed by atoms with Crippen LogP contribution in [0, 0.1) is 17.8 Å². The van der Waals surface area contributed by atoms with Crippen LogP contribution in [-0.2, 0) is 10.0 Å². The molecule has 0 radical (unpaired) electrons. The van der Waals surface area contributed by atoms with Crippen LogP contribution < -0.4 is 9.62 Å². The van der Waals surface area contributed by atoms with Crippen LogP contribution in [0.4, 0.5) is 5.69 Å². The van der Waals surface area contributed by atoms with Crippen molar-refractivity contribution in [2.24, 2.45) is 17.8 Å². The minimum atomic E-state index is -3.68. The molecule has 4 aliphatic rings. The predicted molar refractivity (Wildman–Crippen MR) is 117 cm³/mol. The Morgan fingerprint density at radius 3 is 1.97 bits per heavy atom. The van der Waals surface area contributed by atoms with Crippen molar-refractivity contribution in [1.29, 1.82) is 0 Å². The summed E-state index contributed by atoms with van der Waals surface area (Å²) in [5, 5.41) is 3.35. The number of nitrogens with zero attached hydrogens (tertiary/aromatic N) is 1. The minimum absolute atomic E-state index is 0.0515. The maximum absolute atomic E-state index is 13.0. The molecular weight excluding hydrogens is 396 g/mol. The molecule has 0 spiro atoms. The fourth-order valence-electron chi connectivity index (χ4n) is 6.29. The average Bonchev–Trinajstić information content (AvgIpc) is 2.72. The molecule has 0 aliphatic heterocycles. The van der Waals surface area contributed by atoms with Gasteiger partial charge in [-0.1, -0.05) is 18.2 Å². The van der Waals surface area contributed by atoms with E-state index in [2.05, 4.69) is 5.32 Å². The van der Waals surface area contributed by atoms with E-state index in [1.54, 1.807) is 43.4 Å². The Labute approximate surface area is 178 Å². The first-order chi connectivity index (χ1) is 14.3. The maximum atomic E-state index is 13.0. The average molecular weight is 425 g/mol. The number of hydrogen-bond acceptors (Lipinski definition) is 3. The summed E-state index contributed by atoms with van der Waals surface area (Å²) in [6.07, 6.45) is 7.28. The van der Waals surface area contributed by atoms with E-state index in [4.69, 9.17) is 0 Å². The molecule has 0 aromatic heterocycles. The molecule has 0 atom stereocenters. The molecule has 1 N–H and O–H groups in total. The third-order valence-electron chi connectivity index (χ3n) is 7.31. The summed E-state index contributed by atoms with van der Waals surface area (Å²) in [7, 11) is -2.14. The summed E-state index contributed by atoms with van der Waals surface area (Å²) in [4.78, 5) is 13.2. The van der Waals surface area contributed by atoms with Crippen LogP contribution in [-0.4, -0.2) is 26.9 Å². The Balaban J connectivity index is 1.32. The third-order valence-corrected chi connectivity index (χ3v) is 9.11. The molecule has 158 valence electrons. The van der Waals surface area contributed by atoms with Gasteiger partial charge in [0.15, 0.2) is 0 Å². The molecule has 30 heavy (non-hydrogen) atoms. The van der Waals surface area contributed by atoms with Crippen LogP contribution in [0.5, 0.6) is 0 Å². The second-order valence-electron chi connectivity index (χ2n) is 9.48. The lowest BCUT2D eigenvalue weighted by Crippen LogP contribution is -2.59. The lowest BCUT2D eigenvalue weighted by Gasteiger charge is -2.56. The molecular formula is C24H28N2O3S. The van der Waals surface area contributed by atoms with Gasteiger partial charge in [-0.05, 0) is 92.7 Å². The van der Waals surface area contributed by atoms with Crippen molar-refractivity contribution in [3.05, 3.63) is 60.2 Å². The quantitative estimate of drug-likeness (QED) is 0.782. The second-order valence-corrected chi connectivity index (χ2v) is 11.5. The standard InChI is InChI=1S/C24H28N2O3S/c1-26(21-5-3-2-4-6-21)30(28,29)22-9-7-20(8-10-22)23(27)25-24-14-17-11-18(15-24)13-19(12-17)16-24/h2-10,17-19H,11-16H2,1H3,(H,25,27). The molecule has 1 amide bonds. The van der Waals surface area contributed by atoms with Gasteiger partial charge < -0.3 is 5.32 Å². The van der Waals surface area contributed by atoms with Crippen molar-refractivity contribution in [3.63, 3.8) is 0 Å². The van der Waals surface area contributed by atoms with Gasteiger partial charge in [-0.2, -0.15) is 0 Å². The van der Waals surface area contributed by atoms with Crippen molar-refractivity contribution < 1.29 is 13.2 Å². The topological polar surface area (TPSA) is 66.5 Å². The first-order valence-electron chi connectivity index (χ1n) is 10.8. The molecule has 6 rings (SSSR count). The molecule has 4 saturated carbocycles. The van der Waals surface area contributed by atoms with Gasteiger partial charge in [0.1, 0.15) is 0 Å². The highest BCUT2D eigenvalue weighted by atomic mass is 32.2. The van der Waals surface area contributed by atoms with Crippen molar-refractivity contribution >= 4 is 21.6 Å². The lowest BCUT2D eigenvalue weighted by atomic mass is 9.53. The summed E-state index contributed by atoms with van der Waals surface area (Å²) in [5.74, 6) is 2.20. The monoisotopic (exact) mass is 424 g/mol. The van der Waals surface area contributed by atoms with E-state index in [0.717, 1.165) is 37.0 Å². The first kappa shape index (κ1) is 19.6. The molecule has 4 fully saturated rings. The summed E-state index contributed by atoms with van der Waals surface area (Å²) in [6.45, 7) is 0. The van der Waals surface area contributed by atoms with Crippen molar-refractivity contribution in [2.45, 2.75) is 49.0 Å². The highest BCUT2D eigenvalue weighted by Gasteiger charge is 2.51. The van der Waals surface area contributed by atoms with Gasteiger partial charge in [0.05, 0.1) is 10.6 Å². The van der Waals surface area contributed by atoms with Crippen LogP contribution >= 0.6 is 0 Å². The fourth-order valence-corrected chi connectivity index (χ4v) is 7.49. The van der Waals surface area contributed by atoms with Crippen molar-refractivity contribution in [1.82, 2.24) is 5.32 Å². The Morgan fingerprint density at radius 2 is 1.43 bits per heavy atom. The number of benzene rings is 2. The molecule has 0 saturated heterocycles. The zero-order valence-corrected chi connectivity index (χ0v) is 18.1. The molecule has 6 heteroatoms. The van der Waals surface area contributed by atoms with Crippen LogP contribution in [0.25, 0.3) is 0 Å². The van der Waals surface area contributed by atoms with Crippen LogP contribution in [0.15, 0.2) is 59.5 Å². The van der Waals surface area contributed by atoms with Crippen molar-refractivity contribution in [2.75, 3.05) is 11.4 Å². The van der Waals surface area contributed by atoms with E-state index >= 15 is 0 Å². The Hall–Kier alpha value is -2.34. The Kier molecular flexibility index (Phi) is 4.65. The molecule has 2 aromatic carbocycles. The summed E-state index contributed by atoms with van der Waals surface area (Å²) >= 11 is 0. The summed E-state index contributed by atoms with van der Waals surface area (Å²) in [5.41, 5.74) is 1.07. The van der Waals surface area contributed by atoms with Gasteiger partial charge in [-0.15, -0.1) is 0 Å². The van der Waals surface area contributed by atoms with Crippen LogP contribution in [0.3, 0.4) is 0 Å². The second kappa shape index (κ2) is 7.12. The number of carbonyl (C=O) groups excluding carboxylic acids is 1. The van der Waals surface area contributed by atoms with Crippen molar-refractivity contribution in [3.8, 4) is 0 Å². The van der Waals surface area contributed by atoms with E-state index in [9.17, 15) is 13.2 Å². The lowest BCUT2D eigenvalue weighted by molar-refractivity contribution is -0.0167. The van der Waals surface area contributed by atoms with Gasteiger partial charge in [0.2, 0.25) is 0 Å². The Bertz CT molecular complexity index is 1010. The van der Waals surface area contributed by atoms with E-state index in [1.165, 1.54) is 35.7 Å². The highest BCUT2D eigenvalue weighted by Crippen LogP contribution is 2.55. The number of amides is 1. The van der Waals surface area contributed by atoms with Gasteiger partial charge in [0, 0.05) is 18.2 Å². The molecule has 2 aromatic rings. The SMILES string of the molecule is CN(c1ccccc1)S(=O)(=O)c1ccc(C(=O)NC23CC4CC(CC(C4)C2)C3)cc1. The van der Waals surface area contributed by atoms with Gasteiger partial charge in [0.25, 0.3) is 15.9 Å². The molecule has 0 heterocycles. The van der Waals surface area contributed by atoms with E-state index in [1.807, 2.05) is 6.07 Å². The Morgan fingerprint density at radius 1 is 0.900 bits per heavy atom. The first-order valence-corrected chi connectivity index (χ1v) is 12.3. The van der Waals surface area contributed by atoms with E-state index in [0.29, 0.717) is 11.3 Å².